The Bertz CT molecular complexity index is 1200. The number of ether oxygens (including phenoxy) is 2. The second-order valence-electron chi connectivity index (χ2n) is 7.03. The summed E-state index contributed by atoms with van der Waals surface area (Å²) in [6, 6.07) is 14.3. The number of methoxy groups -OCH3 is 2. The normalized spacial score (nSPS) is 12.9. The Labute approximate surface area is 202 Å². The fourth-order valence-electron chi connectivity index (χ4n) is 3.19. The van der Waals surface area contributed by atoms with Crippen molar-refractivity contribution in [2.75, 3.05) is 14.2 Å². The standard InChI is InChI=1S/C24H24ClO8P/c1-30-22-9-8-16(6-7-17-10-18(14-26)21(15-27)23(12-17)31-2)11-24(22)33-34(28,29)32-20-5-3-4-19(25)13-20/h3-13,26-27H,14-15H2,1-2H3,(H,28,29)/b7-6-. The summed E-state index contributed by atoms with van der Waals surface area (Å²) in [6.07, 6.45) is 3.50. The molecule has 3 aromatic carbocycles. The number of hydrogen-bond donors (Lipinski definition) is 3. The molecule has 0 spiro atoms. The average Bonchev–Trinajstić information content (AvgIpc) is 2.81. The zero-order valence-corrected chi connectivity index (χ0v) is 20.1. The molecule has 0 radical (unpaired) electrons. The molecule has 0 saturated carbocycles. The van der Waals surface area contributed by atoms with Gasteiger partial charge in [-0.05, 0) is 59.2 Å². The Morgan fingerprint density at radius 3 is 2.21 bits per heavy atom. The molecule has 0 saturated heterocycles. The number of phosphoric ester groups is 1. The molecule has 1 unspecified atom stereocenters. The Morgan fingerprint density at radius 2 is 1.56 bits per heavy atom. The van der Waals surface area contributed by atoms with Crippen LogP contribution in [0.4, 0.5) is 0 Å². The lowest BCUT2D eigenvalue weighted by atomic mass is 10.0. The molecule has 1 atom stereocenters. The fourth-order valence-corrected chi connectivity index (χ4v) is 4.18. The molecule has 10 heteroatoms. The van der Waals surface area contributed by atoms with E-state index in [1.54, 1.807) is 48.6 Å². The topological polar surface area (TPSA) is 115 Å². The Morgan fingerprint density at radius 1 is 0.853 bits per heavy atom. The quantitative estimate of drug-likeness (QED) is 0.258. The number of benzene rings is 3. The number of halogens is 1. The monoisotopic (exact) mass is 506 g/mol. The molecule has 0 aliphatic carbocycles. The van der Waals surface area contributed by atoms with Crippen molar-refractivity contribution >= 4 is 31.6 Å². The van der Waals surface area contributed by atoms with Gasteiger partial charge in [-0.15, -0.1) is 0 Å². The van der Waals surface area contributed by atoms with Crippen LogP contribution in [0, 0.1) is 0 Å². The summed E-state index contributed by atoms with van der Waals surface area (Å²) in [5, 5.41) is 19.5. The summed E-state index contributed by atoms with van der Waals surface area (Å²) >= 11 is 5.89. The highest BCUT2D eigenvalue weighted by molar-refractivity contribution is 7.48. The van der Waals surface area contributed by atoms with Crippen molar-refractivity contribution in [2.24, 2.45) is 0 Å². The molecule has 3 N–H and O–H groups in total. The van der Waals surface area contributed by atoms with Gasteiger partial charge in [0, 0.05) is 10.6 Å². The van der Waals surface area contributed by atoms with Crippen LogP contribution in [-0.2, 0) is 17.8 Å². The second-order valence-corrected chi connectivity index (χ2v) is 8.77. The molecule has 34 heavy (non-hydrogen) atoms. The van der Waals surface area contributed by atoms with Crippen LogP contribution in [0.1, 0.15) is 22.3 Å². The van der Waals surface area contributed by atoms with Crippen molar-refractivity contribution < 1.29 is 38.2 Å². The second kappa shape index (κ2) is 11.4. The van der Waals surface area contributed by atoms with Gasteiger partial charge in [0.2, 0.25) is 0 Å². The van der Waals surface area contributed by atoms with Crippen LogP contribution in [0.3, 0.4) is 0 Å². The zero-order chi connectivity index (χ0) is 24.7. The van der Waals surface area contributed by atoms with Crippen molar-refractivity contribution in [3.05, 3.63) is 81.9 Å². The summed E-state index contributed by atoms with van der Waals surface area (Å²) in [4.78, 5) is 10.2. The Balaban J connectivity index is 1.86. The van der Waals surface area contributed by atoms with Crippen LogP contribution in [0.5, 0.6) is 23.0 Å². The summed E-state index contributed by atoms with van der Waals surface area (Å²) < 4.78 is 33.5. The van der Waals surface area contributed by atoms with Gasteiger partial charge in [0.05, 0.1) is 27.4 Å². The zero-order valence-electron chi connectivity index (χ0n) is 18.5. The summed E-state index contributed by atoms with van der Waals surface area (Å²) in [6.45, 7) is -0.520. The van der Waals surface area contributed by atoms with Gasteiger partial charge in [-0.2, -0.15) is 0 Å². The van der Waals surface area contributed by atoms with E-state index in [-0.39, 0.29) is 30.5 Å². The minimum Gasteiger partial charge on any atom is -0.496 e. The third kappa shape index (κ3) is 6.53. The first-order valence-corrected chi connectivity index (χ1v) is 11.9. The van der Waals surface area contributed by atoms with Gasteiger partial charge in [-0.3, -0.25) is 4.89 Å². The van der Waals surface area contributed by atoms with Crippen LogP contribution in [0.15, 0.2) is 54.6 Å². The number of aliphatic hydroxyl groups excluding tert-OH is 2. The highest BCUT2D eigenvalue weighted by Crippen LogP contribution is 2.47. The van der Waals surface area contributed by atoms with Crippen LogP contribution in [0.25, 0.3) is 12.2 Å². The third-order valence-corrected chi connectivity index (χ3v) is 5.86. The molecule has 0 amide bonds. The Kier molecular flexibility index (Phi) is 8.61. The van der Waals surface area contributed by atoms with Crippen molar-refractivity contribution in [1.82, 2.24) is 0 Å². The molecule has 0 aromatic heterocycles. The van der Waals surface area contributed by atoms with Crippen LogP contribution in [0.2, 0.25) is 5.02 Å². The molecular formula is C24H24ClO8P. The van der Waals surface area contributed by atoms with Gasteiger partial charge < -0.3 is 28.7 Å². The van der Waals surface area contributed by atoms with E-state index in [2.05, 4.69) is 0 Å². The summed E-state index contributed by atoms with van der Waals surface area (Å²) in [5.41, 5.74) is 2.41. The molecule has 3 aromatic rings. The van der Waals surface area contributed by atoms with Crippen molar-refractivity contribution in [2.45, 2.75) is 13.2 Å². The molecular weight excluding hydrogens is 483 g/mol. The lowest BCUT2D eigenvalue weighted by Crippen LogP contribution is -2.01. The molecule has 3 rings (SSSR count). The third-order valence-electron chi connectivity index (χ3n) is 4.76. The van der Waals surface area contributed by atoms with Crippen LogP contribution in [-0.4, -0.2) is 29.3 Å². The van der Waals surface area contributed by atoms with Gasteiger partial charge in [0.25, 0.3) is 0 Å². The van der Waals surface area contributed by atoms with Gasteiger partial charge in [0.15, 0.2) is 11.5 Å². The van der Waals surface area contributed by atoms with E-state index in [9.17, 15) is 19.7 Å². The highest BCUT2D eigenvalue weighted by Gasteiger charge is 2.27. The maximum atomic E-state index is 12.6. The molecule has 0 aliphatic heterocycles. The van der Waals surface area contributed by atoms with Crippen molar-refractivity contribution in [1.29, 1.82) is 0 Å². The van der Waals surface area contributed by atoms with Crippen molar-refractivity contribution in [3.63, 3.8) is 0 Å². The molecule has 8 nitrogen and oxygen atoms in total. The van der Waals surface area contributed by atoms with Gasteiger partial charge in [0.1, 0.15) is 11.5 Å². The maximum absolute atomic E-state index is 12.6. The van der Waals surface area contributed by atoms with E-state index in [1.807, 2.05) is 0 Å². The van der Waals surface area contributed by atoms with E-state index in [0.29, 0.717) is 33.0 Å². The number of aliphatic hydroxyl groups is 2. The van der Waals surface area contributed by atoms with Gasteiger partial charge in [-0.1, -0.05) is 35.9 Å². The van der Waals surface area contributed by atoms with Gasteiger partial charge >= 0.3 is 7.82 Å². The lowest BCUT2D eigenvalue weighted by molar-refractivity contribution is 0.254. The first kappa shape index (κ1) is 25.6. The molecule has 0 fully saturated rings. The molecule has 0 bridgehead atoms. The largest absolute Gasteiger partial charge is 0.585 e. The fraction of sp³-hybridized carbons (Fsp3) is 0.167. The van der Waals surface area contributed by atoms with Crippen LogP contribution < -0.4 is 18.5 Å². The molecule has 0 heterocycles. The molecule has 180 valence electrons. The van der Waals surface area contributed by atoms with E-state index < -0.39 is 7.82 Å². The SMILES string of the molecule is COc1ccc(/C=C\c2cc(CO)c(CO)c(OC)c2)cc1OP(=O)(O)Oc1cccc(Cl)c1. The first-order valence-electron chi connectivity index (χ1n) is 10.0. The number of rotatable bonds is 10. The molecule has 0 aliphatic rings. The number of phosphoric acid groups is 1. The van der Waals surface area contributed by atoms with Gasteiger partial charge in [-0.25, -0.2) is 4.57 Å². The van der Waals surface area contributed by atoms with E-state index in [4.69, 9.17) is 30.1 Å². The predicted octanol–water partition coefficient (Wildman–Crippen LogP) is 5.07. The summed E-state index contributed by atoms with van der Waals surface area (Å²) in [7, 11) is -1.67. The van der Waals surface area contributed by atoms with Crippen LogP contribution >= 0.6 is 19.4 Å². The smallest absolute Gasteiger partial charge is 0.496 e. The van der Waals surface area contributed by atoms with Crippen molar-refractivity contribution in [3.8, 4) is 23.0 Å². The average molecular weight is 507 g/mol. The minimum absolute atomic E-state index is 0.00164. The van der Waals surface area contributed by atoms with E-state index >= 15 is 0 Å². The first-order chi connectivity index (χ1) is 16.3. The highest BCUT2D eigenvalue weighted by atomic mass is 35.5. The van der Waals surface area contributed by atoms with E-state index in [0.717, 1.165) is 0 Å². The van der Waals surface area contributed by atoms with E-state index in [1.165, 1.54) is 32.4 Å². The summed E-state index contributed by atoms with van der Waals surface area (Å²) in [5.74, 6) is 0.763. The predicted molar refractivity (Wildman–Crippen MR) is 129 cm³/mol. The Hall–Kier alpha value is -3.00. The maximum Gasteiger partial charge on any atom is 0.585 e. The minimum atomic E-state index is -4.55. The number of hydrogen-bond acceptors (Lipinski definition) is 7. The lowest BCUT2D eigenvalue weighted by Gasteiger charge is -2.16.